The van der Waals surface area contributed by atoms with Crippen LogP contribution in [0, 0.1) is 6.92 Å². The lowest BCUT2D eigenvalue weighted by atomic mass is 10.1. The Morgan fingerprint density at radius 2 is 2.19 bits per heavy atom. The van der Waals surface area contributed by atoms with Crippen molar-refractivity contribution in [2.24, 2.45) is 0 Å². The van der Waals surface area contributed by atoms with Crippen LogP contribution in [0.1, 0.15) is 35.7 Å². The maximum absolute atomic E-state index is 11.8. The Morgan fingerprint density at radius 3 is 2.71 bits per heavy atom. The van der Waals surface area contributed by atoms with E-state index in [1.807, 2.05) is 6.92 Å². The number of nitrogens with zero attached hydrogens (tertiary/aromatic N) is 1. The van der Waals surface area contributed by atoms with Crippen LogP contribution in [0.2, 0.25) is 0 Å². The first-order chi connectivity index (χ1) is 9.93. The molecule has 1 heterocycles. The van der Waals surface area contributed by atoms with E-state index < -0.39 is 18.0 Å². The Kier molecular flexibility index (Phi) is 7.10. The second-order valence-corrected chi connectivity index (χ2v) is 5.94. The predicted molar refractivity (Wildman–Crippen MR) is 79.5 cm³/mol. The number of aromatic nitrogens is 1. The molecule has 0 bridgehead atoms. The van der Waals surface area contributed by atoms with E-state index in [0.717, 1.165) is 9.88 Å². The Balaban J connectivity index is 2.47. The number of amides is 2. The monoisotopic (exact) mass is 315 g/mol. The van der Waals surface area contributed by atoms with Crippen molar-refractivity contribution in [2.75, 3.05) is 13.7 Å². The van der Waals surface area contributed by atoms with E-state index in [-0.39, 0.29) is 6.04 Å². The number of ether oxygens (including phenoxy) is 1. The van der Waals surface area contributed by atoms with Gasteiger partial charge in [-0.05, 0) is 26.7 Å². The molecule has 2 unspecified atom stereocenters. The van der Waals surface area contributed by atoms with Gasteiger partial charge < -0.3 is 20.5 Å². The molecule has 2 amide bonds. The zero-order chi connectivity index (χ0) is 15.8. The first-order valence-electron chi connectivity index (χ1n) is 6.65. The molecule has 118 valence electrons. The average Bonchev–Trinajstić information content (AvgIpc) is 2.84. The third kappa shape index (κ3) is 6.09. The molecule has 8 heteroatoms. The van der Waals surface area contributed by atoms with E-state index in [9.17, 15) is 9.59 Å². The number of hydrogen-bond acceptors (Lipinski definition) is 5. The number of aliphatic carboxylic acids is 1. The molecule has 0 saturated carbocycles. The highest BCUT2D eigenvalue weighted by Crippen LogP contribution is 2.18. The number of methoxy groups -OCH3 is 1. The number of hydrogen-bond donors (Lipinski definition) is 3. The number of carbonyl (C=O) groups excluding carboxylic acids is 1. The highest BCUT2D eigenvalue weighted by atomic mass is 32.1. The average molecular weight is 315 g/mol. The van der Waals surface area contributed by atoms with Crippen molar-refractivity contribution in [3.05, 3.63) is 16.1 Å². The molecule has 21 heavy (non-hydrogen) atoms. The molecule has 0 radical (unpaired) electrons. The largest absolute Gasteiger partial charge is 0.480 e. The van der Waals surface area contributed by atoms with Gasteiger partial charge in [0.1, 0.15) is 11.0 Å². The maximum atomic E-state index is 11.8. The molecule has 0 fully saturated rings. The summed E-state index contributed by atoms with van der Waals surface area (Å²) in [6, 6.07) is -1.71. The van der Waals surface area contributed by atoms with E-state index in [1.165, 1.54) is 11.3 Å². The predicted octanol–water partition coefficient (Wildman–Crippen LogP) is 1.69. The van der Waals surface area contributed by atoms with Gasteiger partial charge in [-0.25, -0.2) is 14.6 Å². The van der Waals surface area contributed by atoms with Crippen molar-refractivity contribution >= 4 is 23.3 Å². The summed E-state index contributed by atoms with van der Waals surface area (Å²) in [5, 5.41) is 15.0. The van der Waals surface area contributed by atoms with Gasteiger partial charge in [0, 0.05) is 24.8 Å². The SMILES string of the molecule is COCCCC(NC(=O)NC(C)c1ncc(C)s1)C(=O)O. The quantitative estimate of drug-likeness (QED) is 0.634. The number of thiazole rings is 1. The highest BCUT2D eigenvalue weighted by molar-refractivity contribution is 7.11. The molecule has 0 aromatic carbocycles. The Hall–Kier alpha value is -1.67. The number of carboxylic acids is 1. The Morgan fingerprint density at radius 1 is 1.48 bits per heavy atom. The van der Waals surface area contributed by atoms with Crippen molar-refractivity contribution in [3.63, 3.8) is 0 Å². The molecule has 2 atom stereocenters. The highest BCUT2D eigenvalue weighted by Gasteiger charge is 2.21. The molecule has 1 rings (SSSR count). The van der Waals surface area contributed by atoms with Crippen molar-refractivity contribution in [1.82, 2.24) is 15.6 Å². The summed E-state index contributed by atoms with van der Waals surface area (Å²) in [6.07, 6.45) is 2.62. The molecule has 3 N–H and O–H groups in total. The van der Waals surface area contributed by atoms with Crippen molar-refractivity contribution in [3.8, 4) is 0 Å². The number of carbonyl (C=O) groups is 2. The number of urea groups is 1. The number of carboxylic acid groups (broad SMARTS) is 1. The van der Waals surface area contributed by atoms with Crippen LogP contribution in [0.5, 0.6) is 0 Å². The van der Waals surface area contributed by atoms with Crippen LogP contribution < -0.4 is 10.6 Å². The fourth-order valence-electron chi connectivity index (χ4n) is 1.72. The van der Waals surface area contributed by atoms with Gasteiger partial charge in [0.05, 0.1) is 6.04 Å². The van der Waals surface area contributed by atoms with Gasteiger partial charge in [0.2, 0.25) is 0 Å². The van der Waals surface area contributed by atoms with Gasteiger partial charge in [-0.15, -0.1) is 11.3 Å². The minimum Gasteiger partial charge on any atom is -0.480 e. The third-order valence-corrected chi connectivity index (χ3v) is 3.90. The molecule has 0 aliphatic heterocycles. The van der Waals surface area contributed by atoms with Crippen LogP contribution in [-0.4, -0.2) is 41.8 Å². The van der Waals surface area contributed by atoms with Gasteiger partial charge in [0.15, 0.2) is 0 Å². The number of rotatable bonds is 8. The van der Waals surface area contributed by atoms with Crippen LogP contribution in [0.4, 0.5) is 4.79 Å². The third-order valence-electron chi connectivity index (χ3n) is 2.80. The second kappa shape index (κ2) is 8.58. The standard InChI is InChI=1S/C13H21N3O4S/c1-8-7-14-11(21-8)9(2)15-13(19)16-10(12(17)18)5-4-6-20-3/h7,9-10H,4-6H2,1-3H3,(H,17,18)(H2,15,16,19). The summed E-state index contributed by atoms with van der Waals surface area (Å²) < 4.78 is 4.87. The lowest BCUT2D eigenvalue weighted by molar-refractivity contribution is -0.139. The molecule has 0 aliphatic carbocycles. The summed E-state index contributed by atoms with van der Waals surface area (Å²) in [7, 11) is 1.55. The summed E-state index contributed by atoms with van der Waals surface area (Å²) in [6.45, 7) is 4.20. The molecule has 0 spiro atoms. The normalized spacial score (nSPS) is 13.5. The van der Waals surface area contributed by atoms with Gasteiger partial charge >= 0.3 is 12.0 Å². The smallest absolute Gasteiger partial charge is 0.326 e. The fraction of sp³-hybridized carbons (Fsp3) is 0.615. The van der Waals surface area contributed by atoms with Gasteiger partial charge in [-0.2, -0.15) is 0 Å². The summed E-state index contributed by atoms with van der Waals surface area (Å²) in [5.74, 6) is -1.06. The zero-order valence-electron chi connectivity index (χ0n) is 12.4. The van der Waals surface area contributed by atoms with E-state index >= 15 is 0 Å². The van der Waals surface area contributed by atoms with Crippen LogP contribution >= 0.6 is 11.3 Å². The lowest BCUT2D eigenvalue weighted by Crippen LogP contribution is -2.46. The molecule has 7 nitrogen and oxygen atoms in total. The Labute approximate surface area is 127 Å². The van der Waals surface area contributed by atoms with E-state index in [2.05, 4.69) is 15.6 Å². The molecular formula is C13H21N3O4S. The summed E-state index contributed by atoms with van der Waals surface area (Å²) in [5.41, 5.74) is 0. The molecule has 1 aromatic rings. The molecule has 0 saturated heterocycles. The fourth-order valence-corrected chi connectivity index (χ4v) is 2.50. The Bertz CT molecular complexity index is 478. The maximum Gasteiger partial charge on any atom is 0.326 e. The van der Waals surface area contributed by atoms with Gasteiger partial charge in [-0.3, -0.25) is 0 Å². The second-order valence-electron chi connectivity index (χ2n) is 4.67. The zero-order valence-corrected chi connectivity index (χ0v) is 13.2. The summed E-state index contributed by atoms with van der Waals surface area (Å²) in [4.78, 5) is 28.2. The number of nitrogens with one attached hydrogen (secondary N) is 2. The van der Waals surface area contributed by atoms with E-state index in [0.29, 0.717) is 19.4 Å². The number of aryl methyl sites for hydroxylation is 1. The van der Waals surface area contributed by atoms with Crippen LogP contribution in [-0.2, 0) is 9.53 Å². The minimum absolute atomic E-state index is 0.267. The first kappa shape index (κ1) is 17.4. The molecule has 0 aliphatic rings. The molecular weight excluding hydrogens is 294 g/mol. The lowest BCUT2D eigenvalue weighted by Gasteiger charge is -2.17. The van der Waals surface area contributed by atoms with Crippen molar-refractivity contribution in [2.45, 2.75) is 38.8 Å². The van der Waals surface area contributed by atoms with E-state index in [1.54, 1.807) is 20.2 Å². The first-order valence-corrected chi connectivity index (χ1v) is 7.46. The van der Waals surface area contributed by atoms with Crippen LogP contribution in [0.15, 0.2) is 6.20 Å². The minimum atomic E-state index is -1.06. The summed E-state index contributed by atoms with van der Waals surface area (Å²) >= 11 is 1.49. The molecule has 1 aromatic heterocycles. The van der Waals surface area contributed by atoms with E-state index in [4.69, 9.17) is 9.84 Å². The topological polar surface area (TPSA) is 101 Å². The van der Waals surface area contributed by atoms with Crippen molar-refractivity contribution < 1.29 is 19.4 Å². The van der Waals surface area contributed by atoms with Crippen LogP contribution in [0.3, 0.4) is 0 Å². The van der Waals surface area contributed by atoms with Gasteiger partial charge in [0.25, 0.3) is 0 Å². The van der Waals surface area contributed by atoms with Gasteiger partial charge in [-0.1, -0.05) is 0 Å². The van der Waals surface area contributed by atoms with Crippen molar-refractivity contribution in [1.29, 1.82) is 0 Å². The van der Waals surface area contributed by atoms with Crippen LogP contribution in [0.25, 0.3) is 0 Å².